The molecule has 14 heavy (non-hydrogen) atoms. The Balaban J connectivity index is 2.42. The number of nitrogens with zero attached hydrogens (tertiary/aromatic N) is 1. The van der Waals surface area contributed by atoms with Crippen LogP contribution in [0.1, 0.15) is 30.4 Å². The summed E-state index contributed by atoms with van der Waals surface area (Å²) in [5, 5.41) is 18.5. The van der Waals surface area contributed by atoms with Gasteiger partial charge in [-0.25, -0.2) is 0 Å². The van der Waals surface area contributed by atoms with Gasteiger partial charge in [0.2, 0.25) is 0 Å². The lowest BCUT2D eigenvalue weighted by atomic mass is 9.65. The summed E-state index contributed by atoms with van der Waals surface area (Å²) >= 11 is 0. The molecule has 1 N–H and O–H groups in total. The summed E-state index contributed by atoms with van der Waals surface area (Å²) in [5.74, 6) is 0.307. The van der Waals surface area contributed by atoms with E-state index in [0.717, 1.165) is 30.4 Å². The number of benzene rings is 1. The molecule has 1 fully saturated rings. The molecule has 0 heterocycles. The van der Waals surface area contributed by atoms with Gasteiger partial charge >= 0.3 is 0 Å². The minimum Gasteiger partial charge on any atom is -0.508 e. The summed E-state index contributed by atoms with van der Waals surface area (Å²) in [4.78, 5) is 0. The summed E-state index contributed by atoms with van der Waals surface area (Å²) in [5.41, 5.74) is 1.64. The lowest BCUT2D eigenvalue weighted by Crippen LogP contribution is -2.32. The van der Waals surface area contributed by atoms with E-state index in [1.165, 1.54) is 0 Å². The third kappa shape index (κ3) is 1.17. The molecule has 2 rings (SSSR count). The zero-order valence-electron chi connectivity index (χ0n) is 8.25. The summed E-state index contributed by atoms with van der Waals surface area (Å²) in [7, 11) is 0. The number of rotatable bonds is 1. The second-order valence-electron chi connectivity index (χ2n) is 4.05. The first-order valence-electron chi connectivity index (χ1n) is 4.89. The molecule has 0 aromatic heterocycles. The number of aromatic hydroxyl groups is 1. The minimum absolute atomic E-state index is 0.265. The SMILES string of the molecule is Cc1cc(C2(C#N)CCC2)ccc1O. The topological polar surface area (TPSA) is 44.0 Å². The van der Waals surface area contributed by atoms with Gasteiger partial charge in [-0.15, -0.1) is 0 Å². The highest BCUT2D eigenvalue weighted by molar-refractivity contribution is 5.42. The summed E-state index contributed by atoms with van der Waals surface area (Å²) < 4.78 is 0. The number of phenols is 1. The van der Waals surface area contributed by atoms with E-state index in [0.29, 0.717) is 5.75 Å². The fourth-order valence-electron chi connectivity index (χ4n) is 1.95. The van der Waals surface area contributed by atoms with Gasteiger partial charge in [-0.05, 0) is 43.4 Å². The number of hydrogen-bond donors (Lipinski definition) is 1. The predicted molar refractivity (Wildman–Crippen MR) is 54.0 cm³/mol. The fourth-order valence-corrected chi connectivity index (χ4v) is 1.95. The van der Waals surface area contributed by atoms with Crippen molar-refractivity contribution in [2.24, 2.45) is 0 Å². The highest BCUT2D eigenvalue weighted by Gasteiger charge is 2.38. The molecule has 0 unspecified atom stereocenters. The number of hydrogen-bond acceptors (Lipinski definition) is 2. The Hall–Kier alpha value is -1.49. The molecule has 2 nitrogen and oxygen atoms in total. The lowest BCUT2D eigenvalue weighted by Gasteiger charge is -2.35. The van der Waals surface area contributed by atoms with Crippen LogP contribution in [0.25, 0.3) is 0 Å². The molecule has 1 aromatic rings. The molecule has 0 aliphatic heterocycles. The first kappa shape index (κ1) is 9.08. The van der Waals surface area contributed by atoms with Gasteiger partial charge in [0, 0.05) is 0 Å². The average molecular weight is 187 g/mol. The summed E-state index contributed by atoms with van der Waals surface area (Å²) in [6, 6.07) is 7.87. The normalized spacial score (nSPS) is 18.3. The molecule has 1 aromatic carbocycles. The maximum Gasteiger partial charge on any atom is 0.118 e. The Kier molecular flexibility index (Phi) is 1.96. The zero-order chi connectivity index (χ0) is 10.2. The van der Waals surface area contributed by atoms with Crippen molar-refractivity contribution in [3.8, 4) is 11.8 Å². The van der Waals surface area contributed by atoms with E-state index in [-0.39, 0.29) is 5.41 Å². The van der Waals surface area contributed by atoms with Crippen molar-refractivity contribution in [1.29, 1.82) is 5.26 Å². The van der Waals surface area contributed by atoms with Crippen molar-refractivity contribution in [1.82, 2.24) is 0 Å². The van der Waals surface area contributed by atoms with E-state index >= 15 is 0 Å². The van der Waals surface area contributed by atoms with Crippen LogP contribution >= 0.6 is 0 Å². The Morgan fingerprint density at radius 3 is 2.57 bits per heavy atom. The second-order valence-corrected chi connectivity index (χ2v) is 4.05. The molecule has 1 aliphatic rings. The van der Waals surface area contributed by atoms with Gasteiger partial charge in [0.15, 0.2) is 0 Å². The van der Waals surface area contributed by atoms with Crippen LogP contribution in [-0.2, 0) is 5.41 Å². The van der Waals surface area contributed by atoms with Gasteiger partial charge in [0.1, 0.15) is 5.75 Å². The Morgan fingerprint density at radius 2 is 2.14 bits per heavy atom. The van der Waals surface area contributed by atoms with Crippen LogP contribution in [0.15, 0.2) is 18.2 Å². The molecule has 0 bridgehead atoms. The second kappa shape index (κ2) is 3.02. The van der Waals surface area contributed by atoms with Crippen molar-refractivity contribution >= 4 is 0 Å². The number of aryl methyl sites for hydroxylation is 1. The van der Waals surface area contributed by atoms with Gasteiger partial charge in [0.25, 0.3) is 0 Å². The Morgan fingerprint density at radius 1 is 1.43 bits per heavy atom. The van der Waals surface area contributed by atoms with E-state index in [4.69, 9.17) is 5.26 Å². The summed E-state index contributed by atoms with van der Waals surface area (Å²) in [6.45, 7) is 1.86. The third-order valence-corrected chi connectivity index (χ3v) is 3.17. The van der Waals surface area contributed by atoms with E-state index in [2.05, 4.69) is 6.07 Å². The Bertz CT molecular complexity index is 399. The minimum atomic E-state index is -0.265. The molecular weight excluding hydrogens is 174 g/mol. The van der Waals surface area contributed by atoms with Gasteiger partial charge in [-0.1, -0.05) is 12.1 Å². The van der Waals surface area contributed by atoms with E-state index < -0.39 is 0 Å². The molecule has 0 spiro atoms. The lowest BCUT2D eigenvalue weighted by molar-refractivity contribution is 0.323. The first-order valence-corrected chi connectivity index (χ1v) is 4.89. The highest BCUT2D eigenvalue weighted by atomic mass is 16.3. The van der Waals surface area contributed by atoms with Gasteiger partial charge in [0.05, 0.1) is 11.5 Å². The molecule has 0 amide bonds. The van der Waals surface area contributed by atoms with Gasteiger partial charge in [-0.3, -0.25) is 0 Å². The van der Waals surface area contributed by atoms with Gasteiger partial charge in [-0.2, -0.15) is 5.26 Å². The van der Waals surface area contributed by atoms with Crippen LogP contribution in [-0.4, -0.2) is 5.11 Å². The standard InChI is InChI=1S/C12H13NO/c1-9-7-10(3-4-11(9)14)12(8-13)5-2-6-12/h3-4,7,14H,2,5-6H2,1H3. The van der Waals surface area contributed by atoms with E-state index in [9.17, 15) is 5.11 Å². The maximum absolute atomic E-state index is 9.39. The van der Waals surface area contributed by atoms with Crippen LogP contribution < -0.4 is 0 Å². The number of phenolic OH excluding ortho intramolecular Hbond substituents is 1. The molecule has 0 saturated heterocycles. The zero-order valence-corrected chi connectivity index (χ0v) is 8.25. The molecule has 72 valence electrons. The van der Waals surface area contributed by atoms with E-state index in [1.807, 2.05) is 19.1 Å². The molecule has 0 radical (unpaired) electrons. The summed E-state index contributed by atoms with van der Waals surface area (Å²) in [6.07, 6.45) is 3.04. The largest absolute Gasteiger partial charge is 0.508 e. The van der Waals surface area contributed by atoms with Crippen molar-refractivity contribution in [3.05, 3.63) is 29.3 Å². The molecule has 2 heteroatoms. The van der Waals surface area contributed by atoms with E-state index in [1.54, 1.807) is 6.07 Å². The molecular formula is C12H13NO. The van der Waals surface area contributed by atoms with Crippen molar-refractivity contribution in [2.45, 2.75) is 31.6 Å². The quantitative estimate of drug-likeness (QED) is 0.734. The van der Waals surface area contributed by atoms with Gasteiger partial charge < -0.3 is 5.11 Å². The maximum atomic E-state index is 9.39. The molecule has 1 aliphatic carbocycles. The van der Waals surface area contributed by atoms with Crippen LogP contribution in [0.4, 0.5) is 0 Å². The van der Waals surface area contributed by atoms with Crippen LogP contribution in [0.3, 0.4) is 0 Å². The molecule has 0 atom stereocenters. The fraction of sp³-hybridized carbons (Fsp3) is 0.417. The van der Waals surface area contributed by atoms with Crippen LogP contribution in [0.2, 0.25) is 0 Å². The predicted octanol–water partition coefficient (Wildman–Crippen LogP) is 2.65. The monoisotopic (exact) mass is 187 g/mol. The number of nitriles is 1. The van der Waals surface area contributed by atoms with Crippen molar-refractivity contribution in [2.75, 3.05) is 0 Å². The third-order valence-electron chi connectivity index (χ3n) is 3.17. The molecule has 1 saturated carbocycles. The Labute approximate surface area is 83.8 Å². The first-order chi connectivity index (χ1) is 6.68. The highest BCUT2D eigenvalue weighted by Crippen LogP contribution is 2.43. The van der Waals surface area contributed by atoms with Crippen LogP contribution in [0.5, 0.6) is 5.75 Å². The van der Waals surface area contributed by atoms with Crippen molar-refractivity contribution in [3.63, 3.8) is 0 Å². The smallest absolute Gasteiger partial charge is 0.118 e. The average Bonchev–Trinajstić information content (AvgIpc) is 2.10. The van der Waals surface area contributed by atoms with Crippen LogP contribution in [0, 0.1) is 18.3 Å². The van der Waals surface area contributed by atoms with Crippen molar-refractivity contribution < 1.29 is 5.11 Å².